The Morgan fingerprint density at radius 2 is 1.82 bits per heavy atom. The molecule has 0 aliphatic carbocycles. The van der Waals surface area contributed by atoms with Gasteiger partial charge in [-0.15, -0.1) is 5.10 Å². The number of nitrogens with one attached hydrogen (secondary N) is 1. The molecule has 0 bridgehead atoms. The Morgan fingerprint density at radius 3 is 2.55 bits per heavy atom. The zero-order valence-corrected chi connectivity index (χ0v) is 11.6. The highest BCUT2D eigenvalue weighted by Gasteiger charge is 2.11. The van der Waals surface area contributed by atoms with Crippen molar-refractivity contribution in [2.45, 2.75) is 6.54 Å². The van der Waals surface area contributed by atoms with Gasteiger partial charge in [0.1, 0.15) is 5.82 Å². The molecule has 2 aromatic carbocycles. The van der Waals surface area contributed by atoms with Gasteiger partial charge in [0.15, 0.2) is 5.69 Å². The fourth-order valence-electron chi connectivity index (χ4n) is 1.98. The molecule has 110 valence electrons. The van der Waals surface area contributed by atoms with E-state index in [9.17, 15) is 9.18 Å². The molecule has 1 heterocycles. The molecule has 6 heteroatoms. The van der Waals surface area contributed by atoms with Crippen LogP contribution in [0.5, 0.6) is 0 Å². The Kier molecular flexibility index (Phi) is 3.91. The Labute approximate surface area is 126 Å². The van der Waals surface area contributed by atoms with Crippen LogP contribution >= 0.6 is 0 Å². The predicted molar refractivity (Wildman–Crippen MR) is 79.9 cm³/mol. The summed E-state index contributed by atoms with van der Waals surface area (Å²) in [4.78, 5) is 12.0. The summed E-state index contributed by atoms with van der Waals surface area (Å²) in [6.07, 6.45) is 1.58. The maximum Gasteiger partial charge on any atom is 0.277 e. The minimum atomic E-state index is -0.383. The highest BCUT2D eigenvalue weighted by atomic mass is 19.1. The largest absolute Gasteiger partial charge is 0.321 e. The molecule has 1 N–H and O–H groups in total. The van der Waals surface area contributed by atoms with Crippen molar-refractivity contribution in [3.63, 3.8) is 0 Å². The van der Waals surface area contributed by atoms with E-state index in [2.05, 4.69) is 15.6 Å². The van der Waals surface area contributed by atoms with Gasteiger partial charge in [0.2, 0.25) is 0 Å². The zero-order chi connectivity index (χ0) is 15.4. The molecule has 0 saturated heterocycles. The lowest BCUT2D eigenvalue weighted by atomic mass is 10.2. The smallest absolute Gasteiger partial charge is 0.277 e. The number of nitrogens with zero attached hydrogens (tertiary/aromatic N) is 3. The molecule has 0 saturated carbocycles. The summed E-state index contributed by atoms with van der Waals surface area (Å²) in [6, 6.07) is 15.3. The molecule has 0 fully saturated rings. The highest BCUT2D eigenvalue weighted by molar-refractivity contribution is 6.02. The number of hydrogen-bond acceptors (Lipinski definition) is 3. The summed E-state index contributed by atoms with van der Waals surface area (Å²) in [5, 5.41) is 10.4. The maximum atomic E-state index is 12.8. The molecule has 1 amide bonds. The Balaban J connectivity index is 1.67. The van der Waals surface area contributed by atoms with Gasteiger partial charge >= 0.3 is 0 Å². The van der Waals surface area contributed by atoms with Crippen LogP contribution in [0.4, 0.5) is 10.1 Å². The van der Waals surface area contributed by atoms with Crippen molar-refractivity contribution in [2.24, 2.45) is 0 Å². The van der Waals surface area contributed by atoms with E-state index in [0.717, 1.165) is 5.56 Å². The summed E-state index contributed by atoms with van der Waals surface area (Å²) < 4.78 is 14.4. The number of carbonyl (C=O) groups is 1. The average molecular weight is 296 g/mol. The van der Waals surface area contributed by atoms with Crippen molar-refractivity contribution < 1.29 is 9.18 Å². The molecule has 0 aliphatic heterocycles. The van der Waals surface area contributed by atoms with E-state index in [0.29, 0.717) is 12.2 Å². The maximum absolute atomic E-state index is 12.8. The second kappa shape index (κ2) is 6.17. The first kappa shape index (κ1) is 13.9. The number of rotatable bonds is 4. The topological polar surface area (TPSA) is 59.8 Å². The molecule has 0 spiro atoms. The van der Waals surface area contributed by atoms with Crippen LogP contribution in [0.3, 0.4) is 0 Å². The van der Waals surface area contributed by atoms with Crippen LogP contribution in [0.2, 0.25) is 0 Å². The van der Waals surface area contributed by atoms with Crippen molar-refractivity contribution in [3.05, 3.63) is 77.9 Å². The average Bonchev–Trinajstić information content (AvgIpc) is 2.99. The van der Waals surface area contributed by atoms with Gasteiger partial charge < -0.3 is 5.32 Å². The van der Waals surface area contributed by atoms with Crippen molar-refractivity contribution in [1.82, 2.24) is 15.0 Å². The van der Waals surface area contributed by atoms with E-state index in [1.54, 1.807) is 10.9 Å². The Bertz CT molecular complexity index is 768. The monoisotopic (exact) mass is 296 g/mol. The first-order chi connectivity index (χ1) is 10.7. The molecule has 0 aliphatic rings. The van der Waals surface area contributed by atoms with Crippen LogP contribution in [-0.4, -0.2) is 20.9 Å². The standard InChI is InChI=1S/C16H13FN4O/c17-13-6-8-14(9-7-13)18-16(22)15-11-21(20-19-15)10-12-4-2-1-3-5-12/h1-9,11H,10H2,(H,18,22). The molecular weight excluding hydrogens is 283 g/mol. The van der Waals surface area contributed by atoms with Gasteiger partial charge in [-0.3, -0.25) is 4.79 Å². The lowest BCUT2D eigenvalue weighted by Gasteiger charge is -2.02. The first-order valence-corrected chi connectivity index (χ1v) is 6.72. The van der Waals surface area contributed by atoms with E-state index < -0.39 is 0 Å². The van der Waals surface area contributed by atoms with Crippen LogP contribution in [0, 0.1) is 5.82 Å². The second-order valence-electron chi connectivity index (χ2n) is 4.75. The SMILES string of the molecule is O=C(Nc1ccc(F)cc1)c1cn(Cc2ccccc2)nn1. The van der Waals surface area contributed by atoms with Gasteiger partial charge in [0.05, 0.1) is 12.7 Å². The van der Waals surface area contributed by atoms with Gasteiger partial charge in [-0.05, 0) is 29.8 Å². The molecular formula is C16H13FN4O. The third kappa shape index (κ3) is 3.35. The van der Waals surface area contributed by atoms with Gasteiger partial charge in [0, 0.05) is 5.69 Å². The second-order valence-corrected chi connectivity index (χ2v) is 4.75. The Hall–Kier alpha value is -3.02. The number of halogens is 1. The molecule has 3 aromatic rings. The number of amides is 1. The minimum absolute atomic E-state index is 0.209. The normalized spacial score (nSPS) is 10.4. The first-order valence-electron chi connectivity index (χ1n) is 6.72. The zero-order valence-electron chi connectivity index (χ0n) is 11.6. The minimum Gasteiger partial charge on any atom is -0.321 e. The molecule has 22 heavy (non-hydrogen) atoms. The third-order valence-corrected chi connectivity index (χ3v) is 3.06. The summed E-state index contributed by atoms with van der Waals surface area (Å²) >= 11 is 0. The molecule has 0 unspecified atom stereocenters. The van der Waals surface area contributed by atoms with Crippen LogP contribution in [0.1, 0.15) is 16.1 Å². The van der Waals surface area contributed by atoms with E-state index in [-0.39, 0.29) is 17.4 Å². The summed E-state index contributed by atoms with van der Waals surface area (Å²) in [7, 11) is 0. The van der Waals surface area contributed by atoms with E-state index >= 15 is 0 Å². The third-order valence-electron chi connectivity index (χ3n) is 3.06. The van der Waals surface area contributed by atoms with Crippen LogP contribution in [0.25, 0.3) is 0 Å². The molecule has 0 radical (unpaired) electrons. The summed E-state index contributed by atoms with van der Waals surface area (Å²) in [5.41, 5.74) is 1.78. The number of aromatic nitrogens is 3. The van der Waals surface area contributed by atoms with Gasteiger partial charge in [0.25, 0.3) is 5.91 Å². The highest BCUT2D eigenvalue weighted by Crippen LogP contribution is 2.10. The van der Waals surface area contributed by atoms with Crippen LogP contribution in [-0.2, 0) is 6.54 Å². The van der Waals surface area contributed by atoms with E-state index in [4.69, 9.17) is 0 Å². The fourth-order valence-corrected chi connectivity index (χ4v) is 1.98. The number of carbonyl (C=O) groups excluding carboxylic acids is 1. The fraction of sp³-hybridized carbons (Fsp3) is 0.0625. The van der Waals surface area contributed by atoms with Crippen molar-refractivity contribution in [2.75, 3.05) is 5.32 Å². The van der Waals surface area contributed by atoms with E-state index in [1.807, 2.05) is 30.3 Å². The van der Waals surface area contributed by atoms with Crippen LogP contribution < -0.4 is 5.32 Å². The molecule has 1 aromatic heterocycles. The van der Waals surface area contributed by atoms with Crippen molar-refractivity contribution in [3.8, 4) is 0 Å². The number of hydrogen-bond donors (Lipinski definition) is 1. The molecule has 5 nitrogen and oxygen atoms in total. The lowest BCUT2D eigenvalue weighted by molar-refractivity contribution is 0.102. The van der Waals surface area contributed by atoms with Crippen LogP contribution in [0.15, 0.2) is 60.8 Å². The van der Waals surface area contributed by atoms with Crippen molar-refractivity contribution in [1.29, 1.82) is 0 Å². The molecule has 3 rings (SSSR count). The lowest BCUT2D eigenvalue weighted by Crippen LogP contribution is -2.12. The van der Waals surface area contributed by atoms with Gasteiger partial charge in [-0.1, -0.05) is 35.5 Å². The number of anilines is 1. The summed E-state index contributed by atoms with van der Waals surface area (Å²) in [5.74, 6) is -0.738. The van der Waals surface area contributed by atoms with Gasteiger partial charge in [-0.25, -0.2) is 9.07 Å². The van der Waals surface area contributed by atoms with Crippen molar-refractivity contribution >= 4 is 11.6 Å². The summed E-state index contributed by atoms with van der Waals surface area (Å²) in [6.45, 7) is 0.539. The predicted octanol–water partition coefficient (Wildman–Crippen LogP) is 2.72. The Morgan fingerprint density at radius 1 is 1.09 bits per heavy atom. The van der Waals surface area contributed by atoms with Gasteiger partial charge in [-0.2, -0.15) is 0 Å². The molecule has 0 atom stereocenters. The van der Waals surface area contributed by atoms with E-state index in [1.165, 1.54) is 24.3 Å². The number of benzene rings is 2. The quantitative estimate of drug-likeness (QED) is 0.805.